The average Bonchev–Trinajstić information content (AvgIpc) is 2.75. The molecule has 0 saturated carbocycles. The SMILES string of the molecule is O=[N+]([O-])c1ccc(CC2CSCC2O)c([N+](=O)[O-])c1. The molecule has 19 heavy (non-hydrogen) atoms. The number of benzene rings is 1. The normalized spacial score (nSPS) is 22.4. The number of aliphatic hydroxyl groups is 1. The smallest absolute Gasteiger partial charge is 0.279 e. The molecule has 0 bridgehead atoms. The lowest BCUT2D eigenvalue weighted by Crippen LogP contribution is -2.20. The fourth-order valence-electron chi connectivity index (χ4n) is 2.07. The van der Waals surface area contributed by atoms with Gasteiger partial charge in [0.05, 0.1) is 22.0 Å². The Morgan fingerprint density at radius 2 is 2.00 bits per heavy atom. The maximum absolute atomic E-state index is 11.0. The molecule has 2 atom stereocenters. The Hall–Kier alpha value is -1.67. The van der Waals surface area contributed by atoms with Gasteiger partial charge in [-0.1, -0.05) is 0 Å². The average molecular weight is 284 g/mol. The van der Waals surface area contributed by atoms with E-state index >= 15 is 0 Å². The first-order valence-electron chi connectivity index (χ1n) is 5.66. The van der Waals surface area contributed by atoms with E-state index in [0.29, 0.717) is 17.7 Å². The number of aliphatic hydroxyl groups excluding tert-OH is 1. The van der Waals surface area contributed by atoms with Crippen LogP contribution in [0.2, 0.25) is 0 Å². The van der Waals surface area contributed by atoms with E-state index in [4.69, 9.17) is 0 Å². The van der Waals surface area contributed by atoms with Crippen molar-refractivity contribution in [2.45, 2.75) is 12.5 Å². The predicted molar refractivity (Wildman–Crippen MR) is 70.3 cm³/mol. The number of non-ortho nitro benzene ring substituents is 1. The number of nitro groups is 2. The molecule has 0 aromatic heterocycles. The molecule has 1 N–H and O–H groups in total. The minimum atomic E-state index is -0.656. The van der Waals surface area contributed by atoms with Crippen molar-refractivity contribution < 1.29 is 15.0 Å². The summed E-state index contributed by atoms with van der Waals surface area (Å²) in [5, 5.41) is 31.3. The van der Waals surface area contributed by atoms with Gasteiger partial charge in [0.1, 0.15) is 0 Å². The quantitative estimate of drug-likeness (QED) is 0.667. The Bertz CT molecular complexity index is 522. The maximum atomic E-state index is 11.0. The predicted octanol–water partition coefficient (Wildman–Crippen LogP) is 1.77. The maximum Gasteiger partial charge on any atom is 0.279 e. The molecule has 1 heterocycles. The fraction of sp³-hybridized carbons (Fsp3) is 0.455. The third kappa shape index (κ3) is 3.02. The highest BCUT2D eigenvalue weighted by Gasteiger charge is 2.29. The Labute approximate surface area is 112 Å². The Kier molecular flexibility index (Phi) is 4.01. The molecule has 1 aromatic rings. The first-order valence-corrected chi connectivity index (χ1v) is 6.82. The third-order valence-corrected chi connectivity index (χ3v) is 4.36. The zero-order valence-corrected chi connectivity index (χ0v) is 10.7. The van der Waals surface area contributed by atoms with E-state index in [1.807, 2.05) is 0 Å². The number of rotatable bonds is 4. The summed E-state index contributed by atoms with van der Waals surface area (Å²) in [6, 6.07) is 3.65. The minimum absolute atomic E-state index is 0.0369. The van der Waals surface area contributed by atoms with Crippen molar-refractivity contribution in [2.24, 2.45) is 5.92 Å². The van der Waals surface area contributed by atoms with Crippen molar-refractivity contribution in [1.29, 1.82) is 0 Å². The summed E-state index contributed by atoms with van der Waals surface area (Å²) < 4.78 is 0. The summed E-state index contributed by atoms with van der Waals surface area (Å²) in [7, 11) is 0. The van der Waals surface area contributed by atoms with E-state index in [2.05, 4.69) is 0 Å². The number of nitrogens with zero attached hydrogens (tertiary/aromatic N) is 2. The van der Waals surface area contributed by atoms with E-state index in [9.17, 15) is 25.3 Å². The molecular weight excluding hydrogens is 272 g/mol. The minimum Gasteiger partial charge on any atom is -0.392 e. The van der Waals surface area contributed by atoms with Crippen LogP contribution < -0.4 is 0 Å². The van der Waals surface area contributed by atoms with Crippen molar-refractivity contribution in [3.05, 3.63) is 44.0 Å². The van der Waals surface area contributed by atoms with E-state index in [-0.39, 0.29) is 17.3 Å². The lowest BCUT2D eigenvalue weighted by atomic mass is 9.95. The van der Waals surface area contributed by atoms with Crippen LogP contribution in [0.15, 0.2) is 18.2 Å². The van der Waals surface area contributed by atoms with Gasteiger partial charge in [0, 0.05) is 17.4 Å². The van der Waals surface area contributed by atoms with Crippen molar-refractivity contribution >= 4 is 23.1 Å². The van der Waals surface area contributed by atoms with Crippen LogP contribution in [0.3, 0.4) is 0 Å². The summed E-state index contributed by atoms with van der Waals surface area (Å²) in [5.41, 5.74) is -0.114. The van der Waals surface area contributed by atoms with Gasteiger partial charge in [0.25, 0.3) is 11.4 Å². The lowest BCUT2D eigenvalue weighted by molar-refractivity contribution is -0.394. The van der Waals surface area contributed by atoms with E-state index in [0.717, 1.165) is 11.8 Å². The summed E-state index contributed by atoms with van der Waals surface area (Å²) >= 11 is 1.60. The van der Waals surface area contributed by atoms with Crippen LogP contribution in [-0.2, 0) is 6.42 Å². The van der Waals surface area contributed by atoms with Gasteiger partial charge in [-0.2, -0.15) is 11.8 Å². The van der Waals surface area contributed by atoms with Gasteiger partial charge < -0.3 is 5.11 Å². The lowest BCUT2D eigenvalue weighted by Gasteiger charge is -2.13. The second-order valence-corrected chi connectivity index (χ2v) is 5.47. The Morgan fingerprint density at radius 1 is 1.26 bits per heavy atom. The van der Waals surface area contributed by atoms with Crippen LogP contribution in [0.4, 0.5) is 11.4 Å². The van der Waals surface area contributed by atoms with E-state index in [1.165, 1.54) is 12.1 Å². The molecule has 1 aliphatic rings. The second kappa shape index (κ2) is 5.54. The van der Waals surface area contributed by atoms with Gasteiger partial charge in [-0.15, -0.1) is 0 Å². The second-order valence-electron chi connectivity index (χ2n) is 4.40. The van der Waals surface area contributed by atoms with Gasteiger partial charge in [0.15, 0.2) is 0 Å². The monoisotopic (exact) mass is 284 g/mol. The molecule has 0 radical (unpaired) electrons. The highest BCUT2D eigenvalue weighted by atomic mass is 32.2. The molecule has 0 amide bonds. The van der Waals surface area contributed by atoms with Crippen LogP contribution in [0.5, 0.6) is 0 Å². The summed E-state index contributed by atoms with van der Waals surface area (Å²) in [6.45, 7) is 0. The molecule has 7 nitrogen and oxygen atoms in total. The van der Waals surface area contributed by atoms with E-state index < -0.39 is 16.0 Å². The van der Waals surface area contributed by atoms with Gasteiger partial charge in [-0.3, -0.25) is 20.2 Å². The molecule has 1 aliphatic heterocycles. The highest BCUT2D eigenvalue weighted by Crippen LogP contribution is 2.32. The molecule has 1 aromatic carbocycles. The van der Waals surface area contributed by atoms with Crippen LogP contribution in [0.1, 0.15) is 5.56 Å². The van der Waals surface area contributed by atoms with Crippen molar-refractivity contribution in [3.63, 3.8) is 0 Å². The Balaban J connectivity index is 2.29. The highest BCUT2D eigenvalue weighted by molar-refractivity contribution is 7.99. The van der Waals surface area contributed by atoms with Gasteiger partial charge in [-0.05, 0) is 24.2 Å². The molecule has 0 spiro atoms. The van der Waals surface area contributed by atoms with Crippen LogP contribution >= 0.6 is 11.8 Å². The number of hydrogen-bond acceptors (Lipinski definition) is 6. The third-order valence-electron chi connectivity index (χ3n) is 3.12. The summed E-state index contributed by atoms with van der Waals surface area (Å²) in [5.74, 6) is 1.34. The molecule has 1 fully saturated rings. The first-order chi connectivity index (χ1) is 8.99. The number of thioether (sulfide) groups is 1. The van der Waals surface area contributed by atoms with Crippen LogP contribution in [0.25, 0.3) is 0 Å². The van der Waals surface area contributed by atoms with E-state index in [1.54, 1.807) is 11.8 Å². The molecule has 102 valence electrons. The van der Waals surface area contributed by atoms with Gasteiger partial charge in [-0.25, -0.2) is 0 Å². The molecule has 8 heteroatoms. The fourth-order valence-corrected chi connectivity index (χ4v) is 3.37. The topological polar surface area (TPSA) is 107 Å². The molecular formula is C11H12N2O5S. The molecule has 0 aliphatic carbocycles. The Morgan fingerprint density at radius 3 is 2.53 bits per heavy atom. The van der Waals surface area contributed by atoms with Crippen molar-refractivity contribution in [2.75, 3.05) is 11.5 Å². The molecule has 2 rings (SSSR count). The zero-order chi connectivity index (χ0) is 14.0. The molecule has 1 saturated heterocycles. The first kappa shape index (κ1) is 13.8. The number of nitro benzene ring substituents is 2. The van der Waals surface area contributed by atoms with Crippen LogP contribution in [-0.4, -0.2) is 32.6 Å². The van der Waals surface area contributed by atoms with Gasteiger partial charge in [0.2, 0.25) is 0 Å². The summed E-state index contributed by atoms with van der Waals surface area (Å²) in [4.78, 5) is 20.3. The zero-order valence-electron chi connectivity index (χ0n) is 9.89. The van der Waals surface area contributed by atoms with Crippen molar-refractivity contribution in [3.8, 4) is 0 Å². The van der Waals surface area contributed by atoms with Crippen molar-refractivity contribution in [1.82, 2.24) is 0 Å². The van der Waals surface area contributed by atoms with Crippen LogP contribution in [0, 0.1) is 26.1 Å². The number of hydrogen-bond donors (Lipinski definition) is 1. The standard InChI is InChI=1S/C11H12N2O5S/c14-11-6-19-5-8(11)3-7-1-2-9(12(15)16)4-10(7)13(17)18/h1-2,4,8,11,14H,3,5-6H2. The largest absolute Gasteiger partial charge is 0.392 e. The molecule has 2 unspecified atom stereocenters. The summed E-state index contributed by atoms with van der Waals surface area (Å²) in [6.07, 6.45) is -0.109. The van der Waals surface area contributed by atoms with Gasteiger partial charge >= 0.3 is 0 Å².